The number of carbonyl (C=O) groups excluding carboxylic acids is 1. The van der Waals surface area contributed by atoms with Crippen LogP contribution in [0.1, 0.15) is 34.8 Å². The molecular weight excluding hydrogens is 256 g/mol. The maximum Gasteiger partial charge on any atom is 0.254 e. The first-order chi connectivity index (χ1) is 9.66. The second-order valence-electron chi connectivity index (χ2n) is 4.66. The van der Waals surface area contributed by atoms with Crippen molar-refractivity contribution in [1.29, 1.82) is 0 Å². The van der Waals surface area contributed by atoms with Gasteiger partial charge in [-0.25, -0.2) is 0 Å². The second-order valence-corrected chi connectivity index (χ2v) is 4.66. The number of hydrogen-bond donors (Lipinski definition) is 2. The number of aromatic nitrogens is 3. The van der Waals surface area contributed by atoms with E-state index in [1.165, 1.54) is 6.39 Å². The van der Waals surface area contributed by atoms with Crippen LogP contribution in [0.4, 0.5) is 0 Å². The molecule has 0 aliphatic carbocycles. The lowest BCUT2D eigenvalue weighted by Gasteiger charge is -2.10. The van der Waals surface area contributed by atoms with E-state index in [4.69, 9.17) is 0 Å². The molecule has 1 amide bonds. The minimum atomic E-state index is -0.311. The monoisotopic (exact) mass is 270 g/mol. The fourth-order valence-corrected chi connectivity index (χ4v) is 2.27. The maximum atomic E-state index is 12.4. The Balaban J connectivity index is 1.91. The molecule has 102 valence electrons. The number of aromatic amines is 1. The summed E-state index contributed by atoms with van der Waals surface area (Å²) in [5, 5.41) is 7.51. The van der Waals surface area contributed by atoms with Crippen LogP contribution in [-0.2, 0) is 0 Å². The first-order valence-corrected chi connectivity index (χ1v) is 6.31. The zero-order chi connectivity index (χ0) is 14.1. The van der Waals surface area contributed by atoms with E-state index in [1.807, 2.05) is 38.1 Å². The van der Waals surface area contributed by atoms with E-state index in [9.17, 15) is 4.79 Å². The van der Waals surface area contributed by atoms with Gasteiger partial charge in [0.25, 0.3) is 5.91 Å². The Morgan fingerprint density at radius 3 is 2.95 bits per heavy atom. The summed E-state index contributed by atoms with van der Waals surface area (Å²) in [7, 11) is 0. The minimum Gasteiger partial charge on any atom is -0.358 e. The molecule has 0 aliphatic rings. The van der Waals surface area contributed by atoms with E-state index in [0.717, 1.165) is 16.6 Å². The molecule has 3 rings (SSSR count). The molecule has 3 aromatic rings. The quantitative estimate of drug-likeness (QED) is 0.765. The number of hydrogen-bond acceptors (Lipinski definition) is 4. The van der Waals surface area contributed by atoms with E-state index in [2.05, 4.69) is 25.0 Å². The summed E-state index contributed by atoms with van der Waals surface area (Å²) < 4.78 is 4.68. The smallest absolute Gasteiger partial charge is 0.254 e. The van der Waals surface area contributed by atoms with Gasteiger partial charge in [0, 0.05) is 16.6 Å². The number of para-hydroxylation sites is 1. The molecule has 0 radical (unpaired) electrons. The molecule has 1 atom stereocenters. The highest BCUT2D eigenvalue weighted by molar-refractivity contribution is 6.08. The van der Waals surface area contributed by atoms with Gasteiger partial charge in [0.05, 0.1) is 11.6 Å². The van der Waals surface area contributed by atoms with E-state index < -0.39 is 0 Å². The number of H-pyrrole nitrogens is 1. The standard InChI is InChI=1S/C14H14N4O2/c1-8-12(10-5-3-4-6-11(10)16-8)14(19)17-9(2)13-15-7-20-18-13/h3-7,9,16H,1-2H3,(H,17,19)/t9-/m0/s1. The average molecular weight is 270 g/mol. The van der Waals surface area contributed by atoms with E-state index in [1.54, 1.807) is 0 Å². The number of fused-ring (bicyclic) bond motifs is 1. The number of carbonyl (C=O) groups is 1. The summed E-state index contributed by atoms with van der Waals surface area (Å²) in [5.74, 6) is 0.299. The number of nitrogens with one attached hydrogen (secondary N) is 2. The Kier molecular flexibility index (Phi) is 2.98. The topological polar surface area (TPSA) is 83.8 Å². The van der Waals surface area contributed by atoms with Gasteiger partial charge < -0.3 is 14.8 Å². The first kappa shape index (κ1) is 12.4. The van der Waals surface area contributed by atoms with Gasteiger partial charge in [-0.1, -0.05) is 23.4 Å². The van der Waals surface area contributed by atoms with Crippen LogP contribution in [0.5, 0.6) is 0 Å². The summed E-state index contributed by atoms with van der Waals surface area (Å²) in [6.07, 6.45) is 1.24. The summed E-state index contributed by atoms with van der Waals surface area (Å²) in [4.78, 5) is 19.6. The molecule has 0 bridgehead atoms. The third kappa shape index (κ3) is 2.05. The lowest BCUT2D eigenvalue weighted by atomic mass is 10.1. The fourth-order valence-electron chi connectivity index (χ4n) is 2.27. The number of nitrogens with zero attached hydrogens (tertiary/aromatic N) is 2. The summed E-state index contributed by atoms with van der Waals surface area (Å²) in [6.45, 7) is 3.70. The minimum absolute atomic E-state index is 0.155. The highest BCUT2D eigenvalue weighted by Gasteiger charge is 2.19. The molecule has 0 saturated carbocycles. The summed E-state index contributed by atoms with van der Waals surface area (Å²) >= 11 is 0. The first-order valence-electron chi connectivity index (χ1n) is 6.31. The Bertz CT molecular complexity index is 746. The van der Waals surface area contributed by atoms with Crippen molar-refractivity contribution in [3.8, 4) is 0 Å². The van der Waals surface area contributed by atoms with Gasteiger partial charge in [0.1, 0.15) is 0 Å². The Labute approximate surface area is 115 Å². The normalized spacial score (nSPS) is 12.5. The lowest BCUT2D eigenvalue weighted by molar-refractivity contribution is 0.0939. The van der Waals surface area contributed by atoms with Gasteiger partial charge in [0.15, 0.2) is 5.82 Å². The van der Waals surface area contributed by atoms with Crippen LogP contribution >= 0.6 is 0 Å². The Hall–Kier alpha value is -2.63. The average Bonchev–Trinajstić information content (AvgIpc) is 3.04. The van der Waals surface area contributed by atoms with Crippen molar-refractivity contribution in [3.63, 3.8) is 0 Å². The molecule has 6 heteroatoms. The van der Waals surface area contributed by atoms with Gasteiger partial charge >= 0.3 is 0 Å². The van der Waals surface area contributed by atoms with Crippen LogP contribution in [0.3, 0.4) is 0 Å². The predicted octanol–water partition coefficient (Wildman–Crippen LogP) is 2.35. The SMILES string of the molecule is Cc1[nH]c2ccccc2c1C(=O)N[C@@H](C)c1ncon1. The van der Waals surface area contributed by atoms with Crippen molar-refractivity contribution in [2.45, 2.75) is 19.9 Å². The third-order valence-electron chi connectivity index (χ3n) is 3.23. The highest BCUT2D eigenvalue weighted by atomic mass is 16.5. The van der Waals surface area contributed by atoms with Gasteiger partial charge in [-0.15, -0.1) is 0 Å². The Morgan fingerprint density at radius 2 is 2.20 bits per heavy atom. The lowest BCUT2D eigenvalue weighted by Crippen LogP contribution is -2.27. The molecule has 0 aliphatic heterocycles. The van der Waals surface area contributed by atoms with Crippen LogP contribution in [0.25, 0.3) is 10.9 Å². The summed E-state index contributed by atoms with van der Waals surface area (Å²) in [5.41, 5.74) is 2.43. The maximum absolute atomic E-state index is 12.4. The van der Waals surface area contributed by atoms with Crippen molar-refractivity contribution < 1.29 is 9.32 Å². The van der Waals surface area contributed by atoms with Crippen LogP contribution in [0.15, 0.2) is 35.2 Å². The van der Waals surface area contributed by atoms with Crippen LogP contribution in [0.2, 0.25) is 0 Å². The molecule has 0 fully saturated rings. The zero-order valence-corrected chi connectivity index (χ0v) is 11.2. The number of amides is 1. The largest absolute Gasteiger partial charge is 0.358 e. The molecule has 0 unspecified atom stereocenters. The van der Waals surface area contributed by atoms with Crippen molar-refractivity contribution in [2.24, 2.45) is 0 Å². The zero-order valence-electron chi connectivity index (χ0n) is 11.2. The molecule has 1 aromatic carbocycles. The van der Waals surface area contributed by atoms with Crippen molar-refractivity contribution in [2.75, 3.05) is 0 Å². The van der Waals surface area contributed by atoms with Crippen LogP contribution < -0.4 is 5.32 Å². The molecular formula is C14H14N4O2. The molecule has 2 heterocycles. The van der Waals surface area contributed by atoms with Gasteiger partial charge in [-0.05, 0) is 19.9 Å². The number of rotatable bonds is 3. The van der Waals surface area contributed by atoms with Crippen molar-refractivity contribution >= 4 is 16.8 Å². The fraction of sp³-hybridized carbons (Fsp3) is 0.214. The summed E-state index contributed by atoms with van der Waals surface area (Å²) in [6, 6.07) is 7.40. The predicted molar refractivity (Wildman–Crippen MR) is 73.2 cm³/mol. The van der Waals surface area contributed by atoms with Crippen LogP contribution in [-0.4, -0.2) is 21.0 Å². The molecule has 2 N–H and O–H groups in total. The van der Waals surface area contributed by atoms with E-state index in [0.29, 0.717) is 11.4 Å². The Morgan fingerprint density at radius 1 is 1.40 bits per heavy atom. The van der Waals surface area contributed by atoms with E-state index in [-0.39, 0.29) is 11.9 Å². The molecule has 0 saturated heterocycles. The van der Waals surface area contributed by atoms with Crippen molar-refractivity contribution in [1.82, 2.24) is 20.4 Å². The molecule has 0 spiro atoms. The number of benzene rings is 1. The number of aryl methyl sites for hydroxylation is 1. The molecule has 20 heavy (non-hydrogen) atoms. The second kappa shape index (κ2) is 4.80. The highest BCUT2D eigenvalue weighted by Crippen LogP contribution is 2.22. The molecule has 6 nitrogen and oxygen atoms in total. The van der Waals surface area contributed by atoms with Crippen LogP contribution in [0, 0.1) is 6.92 Å². The van der Waals surface area contributed by atoms with E-state index >= 15 is 0 Å². The van der Waals surface area contributed by atoms with Gasteiger partial charge in [-0.2, -0.15) is 4.98 Å². The molecule has 2 aromatic heterocycles. The van der Waals surface area contributed by atoms with Crippen molar-refractivity contribution in [3.05, 3.63) is 47.7 Å². The van der Waals surface area contributed by atoms with Gasteiger partial charge in [0.2, 0.25) is 6.39 Å². The third-order valence-corrected chi connectivity index (χ3v) is 3.23. The van der Waals surface area contributed by atoms with Gasteiger partial charge in [-0.3, -0.25) is 4.79 Å².